The average Bonchev–Trinajstić information content (AvgIpc) is 2.93. The summed E-state index contributed by atoms with van der Waals surface area (Å²) in [4.78, 5) is 4.79. The van der Waals surface area contributed by atoms with Gasteiger partial charge in [-0.2, -0.15) is 0 Å². The molecular formula is C18H21N3O2. The summed E-state index contributed by atoms with van der Waals surface area (Å²) < 4.78 is 12.7. The maximum absolute atomic E-state index is 5.96. The minimum absolute atomic E-state index is 0.452. The predicted molar refractivity (Wildman–Crippen MR) is 90.2 cm³/mol. The molecule has 0 unspecified atom stereocenters. The first kappa shape index (κ1) is 15.4. The normalized spacial score (nSPS) is 11.0. The lowest BCUT2D eigenvalue weighted by molar-refractivity contribution is 0.354. The zero-order valence-electron chi connectivity index (χ0n) is 13.7. The highest BCUT2D eigenvalue weighted by atomic mass is 16.5. The second-order valence-corrected chi connectivity index (χ2v) is 5.46. The summed E-state index contributed by atoms with van der Waals surface area (Å²) in [5.74, 6) is 1.44. The van der Waals surface area contributed by atoms with Crippen molar-refractivity contribution in [2.75, 3.05) is 14.2 Å². The molecule has 3 rings (SSSR count). The lowest BCUT2D eigenvalue weighted by atomic mass is 10.1. The van der Waals surface area contributed by atoms with E-state index in [9.17, 15) is 0 Å². The third-order valence-electron chi connectivity index (χ3n) is 4.04. The number of benzene rings is 1. The number of rotatable bonds is 5. The number of hydrogen-bond acceptors (Lipinski definition) is 4. The van der Waals surface area contributed by atoms with Gasteiger partial charge >= 0.3 is 0 Å². The summed E-state index contributed by atoms with van der Waals surface area (Å²) >= 11 is 0. The molecular weight excluding hydrogens is 290 g/mol. The Kier molecular flexibility index (Phi) is 4.21. The first-order valence-corrected chi connectivity index (χ1v) is 7.54. The molecule has 5 heteroatoms. The molecule has 0 aliphatic carbocycles. The van der Waals surface area contributed by atoms with Crippen molar-refractivity contribution < 1.29 is 9.47 Å². The second kappa shape index (κ2) is 6.30. The van der Waals surface area contributed by atoms with Gasteiger partial charge in [-0.15, -0.1) is 0 Å². The SMILES string of the molecule is COc1ccc(Cc2nc3c(C)cccn3c2CN)cc1OC. The molecule has 3 aromatic rings. The lowest BCUT2D eigenvalue weighted by Crippen LogP contribution is -2.05. The van der Waals surface area contributed by atoms with Crippen molar-refractivity contribution in [3.05, 3.63) is 59.0 Å². The summed E-state index contributed by atoms with van der Waals surface area (Å²) in [6, 6.07) is 10.00. The van der Waals surface area contributed by atoms with Gasteiger partial charge in [0.2, 0.25) is 0 Å². The van der Waals surface area contributed by atoms with E-state index in [-0.39, 0.29) is 0 Å². The van der Waals surface area contributed by atoms with Gasteiger partial charge in [-0.05, 0) is 36.2 Å². The molecule has 0 atom stereocenters. The molecule has 0 amide bonds. The third kappa shape index (κ3) is 2.75. The van der Waals surface area contributed by atoms with Crippen molar-refractivity contribution in [2.45, 2.75) is 19.9 Å². The second-order valence-electron chi connectivity index (χ2n) is 5.46. The largest absolute Gasteiger partial charge is 0.493 e. The number of nitrogens with two attached hydrogens (primary N) is 1. The number of aryl methyl sites for hydroxylation is 1. The smallest absolute Gasteiger partial charge is 0.160 e. The van der Waals surface area contributed by atoms with Crippen LogP contribution in [0.4, 0.5) is 0 Å². The van der Waals surface area contributed by atoms with Crippen molar-refractivity contribution in [2.24, 2.45) is 5.73 Å². The molecule has 0 saturated heterocycles. The van der Waals surface area contributed by atoms with Gasteiger partial charge in [-0.1, -0.05) is 12.1 Å². The molecule has 5 nitrogen and oxygen atoms in total. The highest BCUT2D eigenvalue weighted by Crippen LogP contribution is 2.29. The van der Waals surface area contributed by atoms with Crippen molar-refractivity contribution in [1.29, 1.82) is 0 Å². The quantitative estimate of drug-likeness (QED) is 0.787. The maximum atomic E-state index is 5.96. The summed E-state index contributed by atoms with van der Waals surface area (Å²) in [5.41, 5.74) is 11.2. The summed E-state index contributed by atoms with van der Waals surface area (Å²) in [6.07, 6.45) is 2.71. The van der Waals surface area contributed by atoms with E-state index in [1.54, 1.807) is 14.2 Å². The van der Waals surface area contributed by atoms with Gasteiger partial charge in [0.25, 0.3) is 0 Å². The Morgan fingerprint density at radius 2 is 1.91 bits per heavy atom. The molecule has 0 saturated carbocycles. The van der Waals surface area contributed by atoms with E-state index in [1.165, 1.54) is 0 Å². The minimum Gasteiger partial charge on any atom is -0.493 e. The topological polar surface area (TPSA) is 61.8 Å². The van der Waals surface area contributed by atoms with Gasteiger partial charge in [0.05, 0.1) is 25.6 Å². The number of methoxy groups -OCH3 is 2. The number of pyridine rings is 1. The standard InChI is InChI=1S/C18H21N3O2/c1-12-5-4-8-21-15(11-19)14(20-18(12)21)9-13-6-7-16(22-2)17(10-13)23-3/h4-8,10H,9,11,19H2,1-3H3. The van der Waals surface area contributed by atoms with Crippen LogP contribution in [-0.2, 0) is 13.0 Å². The molecule has 120 valence electrons. The van der Waals surface area contributed by atoms with Crippen LogP contribution in [0.25, 0.3) is 5.65 Å². The van der Waals surface area contributed by atoms with E-state index in [2.05, 4.69) is 17.4 Å². The van der Waals surface area contributed by atoms with Crippen molar-refractivity contribution >= 4 is 5.65 Å². The zero-order chi connectivity index (χ0) is 16.4. The molecule has 0 bridgehead atoms. The van der Waals surface area contributed by atoms with Crippen molar-refractivity contribution in [3.63, 3.8) is 0 Å². The number of hydrogen-bond donors (Lipinski definition) is 1. The van der Waals surface area contributed by atoms with Crippen LogP contribution >= 0.6 is 0 Å². The highest BCUT2D eigenvalue weighted by molar-refractivity contribution is 5.51. The van der Waals surface area contributed by atoms with E-state index in [0.717, 1.165) is 39.7 Å². The predicted octanol–water partition coefficient (Wildman–Crippen LogP) is 2.71. The third-order valence-corrected chi connectivity index (χ3v) is 4.04. The minimum atomic E-state index is 0.452. The molecule has 0 radical (unpaired) electrons. The Hall–Kier alpha value is -2.53. The van der Waals surface area contributed by atoms with E-state index in [4.69, 9.17) is 20.2 Å². The summed E-state index contributed by atoms with van der Waals surface area (Å²) in [6.45, 7) is 2.51. The van der Waals surface area contributed by atoms with Crippen LogP contribution in [0.3, 0.4) is 0 Å². The van der Waals surface area contributed by atoms with Crippen LogP contribution in [0.2, 0.25) is 0 Å². The Bertz CT molecular complexity index is 840. The van der Waals surface area contributed by atoms with Crippen LogP contribution in [0.1, 0.15) is 22.5 Å². The molecule has 1 aromatic carbocycles. The fourth-order valence-corrected chi connectivity index (χ4v) is 2.84. The monoisotopic (exact) mass is 311 g/mol. The zero-order valence-corrected chi connectivity index (χ0v) is 13.7. The Balaban J connectivity index is 2.03. The van der Waals surface area contributed by atoms with Crippen LogP contribution < -0.4 is 15.2 Å². The van der Waals surface area contributed by atoms with Gasteiger partial charge in [0.15, 0.2) is 11.5 Å². The molecule has 2 aromatic heterocycles. The number of nitrogens with zero attached hydrogens (tertiary/aromatic N) is 2. The summed E-state index contributed by atoms with van der Waals surface area (Å²) in [7, 11) is 3.27. The Morgan fingerprint density at radius 3 is 2.61 bits per heavy atom. The molecule has 0 spiro atoms. The van der Waals surface area contributed by atoms with Crippen molar-refractivity contribution in [1.82, 2.24) is 9.38 Å². The van der Waals surface area contributed by atoms with E-state index in [0.29, 0.717) is 13.0 Å². The number of ether oxygens (including phenoxy) is 2. The summed E-state index contributed by atoms with van der Waals surface area (Å²) in [5, 5.41) is 0. The fraction of sp³-hybridized carbons (Fsp3) is 0.278. The molecule has 0 aliphatic rings. The molecule has 2 N–H and O–H groups in total. The number of aromatic nitrogens is 2. The van der Waals surface area contributed by atoms with Crippen LogP contribution in [0, 0.1) is 6.92 Å². The highest BCUT2D eigenvalue weighted by Gasteiger charge is 2.14. The molecule has 2 heterocycles. The van der Waals surface area contributed by atoms with Crippen LogP contribution in [-0.4, -0.2) is 23.6 Å². The van der Waals surface area contributed by atoms with Gasteiger partial charge < -0.3 is 19.6 Å². The first-order chi connectivity index (χ1) is 11.2. The van der Waals surface area contributed by atoms with Gasteiger partial charge in [0.1, 0.15) is 5.65 Å². The maximum Gasteiger partial charge on any atom is 0.160 e. The Labute approximate surface area is 135 Å². The molecule has 23 heavy (non-hydrogen) atoms. The molecule has 0 aliphatic heterocycles. The van der Waals surface area contributed by atoms with Crippen LogP contribution in [0.5, 0.6) is 11.5 Å². The molecule has 0 fully saturated rings. The average molecular weight is 311 g/mol. The lowest BCUT2D eigenvalue weighted by Gasteiger charge is -2.09. The van der Waals surface area contributed by atoms with E-state index >= 15 is 0 Å². The van der Waals surface area contributed by atoms with Gasteiger partial charge in [0, 0.05) is 19.2 Å². The Morgan fingerprint density at radius 1 is 1.13 bits per heavy atom. The van der Waals surface area contributed by atoms with Crippen molar-refractivity contribution in [3.8, 4) is 11.5 Å². The van der Waals surface area contributed by atoms with Gasteiger partial charge in [-0.25, -0.2) is 4.98 Å². The number of fused-ring (bicyclic) bond motifs is 1. The van der Waals surface area contributed by atoms with E-state index < -0.39 is 0 Å². The fourth-order valence-electron chi connectivity index (χ4n) is 2.84. The van der Waals surface area contributed by atoms with Crippen LogP contribution in [0.15, 0.2) is 36.5 Å². The van der Waals surface area contributed by atoms with E-state index in [1.807, 2.05) is 30.5 Å². The number of imidazole rings is 1. The first-order valence-electron chi connectivity index (χ1n) is 7.54. The van der Waals surface area contributed by atoms with Gasteiger partial charge in [-0.3, -0.25) is 0 Å².